The Bertz CT molecular complexity index is 1040. The first-order valence-corrected chi connectivity index (χ1v) is 8.36. The quantitative estimate of drug-likeness (QED) is 0.472. The van der Waals surface area contributed by atoms with Crippen molar-refractivity contribution in [2.24, 2.45) is 0 Å². The van der Waals surface area contributed by atoms with Crippen LogP contribution in [-0.4, -0.2) is 14.8 Å². The van der Waals surface area contributed by atoms with Crippen LogP contribution < -0.4 is 0 Å². The van der Waals surface area contributed by atoms with Crippen molar-refractivity contribution in [2.45, 2.75) is 6.54 Å². The third-order valence-electron chi connectivity index (χ3n) is 4.23. The fourth-order valence-corrected chi connectivity index (χ4v) is 2.94. The maximum absolute atomic E-state index is 3.88. The fraction of sp³-hybridized carbons (Fsp3) is 0.0455. The Kier molecular flexibility index (Phi) is 4.29. The maximum atomic E-state index is 3.88. The van der Waals surface area contributed by atoms with E-state index in [2.05, 4.69) is 81.6 Å². The summed E-state index contributed by atoms with van der Waals surface area (Å²) < 4.78 is 2.28. The number of nitrogens with one attached hydrogen (secondary N) is 1. The van der Waals surface area contributed by atoms with Crippen molar-refractivity contribution in [1.82, 2.24) is 14.8 Å². The van der Waals surface area contributed by atoms with Crippen LogP contribution in [0.25, 0.3) is 21.8 Å². The Morgan fingerprint density at radius 2 is 1.44 bits per heavy atom. The number of benzene rings is 3. The van der Waals surface area contributed by atoms with Crippen LogP contribution in [0.15, 0.2) is 97.3 Å². The minimum atomic E-state index is 0.939. The largest absolute Gasteiger partial charge is 0.343 e. The van der Waals surface area contributed by atoms with Gasteiger partial charge in [0.05, 0.1) is 11.7 Å². The Hall–Kier alpha value is -3.33. The zero-order chi connectivity index (χ0) is 16.9. The van der Waals surface area contributed by atoms with Crippen molar-refractivity contribution in [3.8, 4) is 0 Å². The second-order valence-electron chi connectivity index (χ2n) is 5.95. The number of aromatic amines is 1. The SMILES string of the molecule is c1ccc(Cn2ccc3ccccc32)cc1.c1ccc2[nH]ncc2c1. The number of rotatable bonds is 2. The number of hydrogen-bond acceptors (Lipinski definition) is 1. The van der Waals surface area contributed by atoms with Gasteiger partial charge in [-0.15, -0.1) is 0 Å². The van der Waals surface area contributed by atoms with Gasteiger partial charge in [0, 0.05) is 23.6 Å². The van der Waals surface area contributed by atoms with Gasteiger partial charge in [-0.3, -0.25) is 5.10 Å². The van der Waals surface area contributed by atoms with Gasteiger partial charge in [0.15, 0.2) is 0 Å². The van der Waals surface area contributed by atoms with Crippen LogP contribution in [0.1, 0.15) is 5.56 Å². The molecule has 0 saturated heterocycles. The van der Waals surface area contributed by atoms with Crippen LogP contribution in [0.2, 0.25) is 0 Å². The van der Waals surface area contributed by atoms with E-state index in [-0.39, 0.29) is 0 Å². The van der Waals surface area contributed by atoms with E-state index in [0.717, 1.165) is 17.4 Å². The zero-order valence-corrected chi connectivity index (χ0v) is 13.8. The Labute approximate surface area is 146 Å². The molecule has 5 aromatic rings. The van der Waals surface area contributed by atoms with Gasteiger partial charge in [-0.25, -0.2) is 0 Å². The Morgan fingerprint density at radius 3 is 2.28 bits per heavy atom. The van der Waals surface area contributed by atoms with Crippen molar-refractivity contribution in [2.75, 3.05) is 0 Å². The van der Waals surface area contributed by atoms with E-state index in [1.54, 1.807) is 0 Å². The number of para-hydroxylation sites is 2. The highest BCUT2D eigenvalue weighted by molar-refractivity contribution is 5.80. The lowest BCUT2D eigenvalue weighted by Gasteiger charge is -2.05. The molecule has 3 heteroatoms. The van der Waals surface area contributed by atoms with E-state index in [1.807, 2.05) is 30.5 Å². The molecule has 2 heterocycles. The molecule has 0 aliphatic carbocycles. The van der Waals surface area contributed by atoms with Gasteiger partial charge in [-0.05, 0) is 29.1 Å². The molecule has 0 radical (unpaired) electrons. The molecule has 3 nitrogen and oxygen atoms in total. The lowest BCUT2D eigenvalue weighted by atomic mass is 10.2. The Balaban J connectivity index is 0.000000147. The number of H-pyrrole nitrogens is 1. The van der Waals surface area contributed by atoms with E-state index in [4.69, 9.17) is 0 Å². The van der Waals surface area contributed by atoms with Crippen molar-refractivity contribution < 1.29 is 0 Å². The second kappa shape index (κ2) is 7.05. The van der Waals surface area contributed by atoms with E-state index in [9.17, 15) is 0 Å². The molecule has 0 spiro atoms. The molecule has 0 aliphatic rings. The highest BCUT2D eigenvalue weighted by atomic mass is 15.1. The van der Waals surface area contributed by atoms with Crippen molar-refractivity contribution in [3.05, 3.63) is 103 Å². The molecule has 3 aromatic carbocycles. The first kappa shape index (κ1) is 15.2. The molecule has 25 heavy (non-hydrogen) atoms. The molecule has 0 unspecified atom stereocenters. The van der Waals surface area contributed by atoms with Gasteiger partial charge in [0.2, 0.25) is 0 Å². The third-order valence-corrected chi connectivity index (χ3v) is 4.23. The maximum Gasteiger partial charge on any atom is 0.0650 e. The molecule has 0 amide bonds. The summed E-state index contributed by atoms with van der Waals surface area (Å²) in [5, 5.41) is 9.21. The van der Waals surface area contributed by atoms with Gasteiger partial charge in [0.1, 0.15) is 0 Å². The van der Waals surface area contributed by atoms with Crippen molar-refractivity contribution in [1.29, 1.82) is 0 Å². The van der Waals surface area contributed by atoms with Crippen molar-refractivity contribution >= 4 is 21.8 Å². The number of aromatic nitrogens is 3. The van der Waals surface area contributed by atoms with Crippen molar-refractivity contribution in [3.63, 3.8) is 0 Å². The molecule has 0 aliphatic heterocycles. The van der Waals surface area contributed by atoms with Gasteiger partial charge in [0.25, 0.3) is 0 Å². The number of nitrogens with zero attached hydrogens (tertiary/aromatic N) is 2. The van der Waals surface area contributed by atoms with E-state index >= 15 is 0 Å². The van der Waals surface area contributed by atoms with E-state index < -0.39 is 0 Å². The average molecular weight is 325 g/mol. The molecule has 0 fully saturated rings. The average Bonchev–Trinajstić information content (AvgIpc) is 3.30. The summed E-state index contributed by atoms with van der Waals surface area (Å²) >= 11 is 0. The van der Waals surface area contributed by atoms with Gasteiger partial charge >= 0.3 is 0 Å². The standard InChI is InChI=1S/C15H13N.C7H6N2/c1-2-6-13(7-3-1)12-16-11-10-14-8-4-5-9-15(14)16;1-2-4-7-6(3-1)5-8-9-7/h1-11H,12H2;1-5H,(H,8,9). The smallest absolute Gasteiger partial charge is 0.0650 e. The molecular weight excluding hydrogens is 306 g/mol. The third kappa shape index (κ3) is 3.45. The summed E-state index contributed by atoms with van der Waals surface area (Å²) in [6.07, 6.45) is 3.97. The lowest BCUT2D eigenvalue weighted by Crippen LogP contribution is -1.96. The number of hydrogen-bond donors (Lipinski definition) is 1. The predicted molar refractivity (Wildman–Crippen MR) is 104 cm³/mol. The van der Waals surface area contributed by atoms with Crippen LogP contribution in [0, 0.1) is 0 Å². The predicted octanol–water partition coefficient (Wildman–Crippen LogP) is 5.25. The molecule has 5 rings (SSSR count). The summed E-state index contributed by atoms with van der Waals surface area (Å²) in [6, 6.07) is 29.2. The molecular formula is C22H19N3. The van der Waals surface area contributed by atoms with E-state index in [1.165, 1.54) is 16.5 Å². The van der Waals surface area contributed by atoms with Crippen LogP contribution in [-0.2, 0) is 6.54 Å². The summed E-state index contributed by atoms with van der Waals surface area (Å²) in [5.41, 5.74) is 3.73. The van der Waals surface area contributed by atoms with Gasteiger partial charge in [-0.1, -0.05) is 66.7 Å². The molecule has 1 N–H and O–H groups in total. The van der Waals surface area contributed by atoms with E-state index in [0.29, 0.717) is 0 Å². The highest BCUT2D eigenvalue weighted by Gasteiger charge is 1.99. The molecule has 122 valence electrons. The number of fused-ring (bicyclic) bond motifs is 2. The van der Waals surface area contributed by atoms with Gasteiger partial charge < -0.3 is 4.57 Å². The fourth-order valence-electron chi connectivity index (χ4n) is 2.94. The highest BCUT2D eigenvalue weighted by Crippen LogP contribution is 2.16. The molecule has 0 atom stereocenters. The summed E-state index contributed by atoms with van der Waals surface area (Å²) in [5.74, 6) is 0. The van der Waals surface area contributed by atoms with Crippen LogP contribution in [0.4, 0.5) is 0 Å². The zero-order valence-electron chi connectivity index (χ0n) is 13.8. The first-order chi connectivity index (χ1) is 12.4. The molecule has 0 bridgehead atoms. The minimum Gasteiger partial charge on any atom is -0.343 e. The van der Waals surface area contributed by atoms with Crippen LogP contribution >= 0.6 is 0 Å². The van der Waals surface area contributed by atoms with Crippen LogP contribution in [0.5, 0.6) is 0 Å². The Morgan fingerprint density at radius 1 is 0.720 bits per heavy atom. The minimum absolute atomic E-state index is 0.939. The summed E-state index contributed by atoms with van der Waals surface area (Å²) in [6.45, 7) is 0.939. The normalized spacial score (nSPS) is 10.6. The van der Waals surface area contributed by atoms with Crippen LogP contribution in [0.3, 0.4) is 0 Å². The monoisotopic (exact) mass is 325 g/mol. The summed E-state index contributed by atoms with van der Waals surface area (Å²) in [7, 11) is 0. The van der Waals surface area contributed by atoms with Gasteiger partial charge in [-0.2, -0.15) is 5.10 Å². The second-order valence-corrected chi connectivity index (χ2v) is 5.95. The lowest BCUT2D eigenvalue weighted by molar-refractivity contribution is 0.837. The first-order valence-electron chi connectivity index (χ1n) is 8.36. The molecule has 2 aromatic heterocycles. The summed E-state index contributed by atoms with van der Waals surface area (Å²) in [4.78, 5) is 0. The topological polar surface area (TPSA) is 33.6 Å². The molecule has 0 saturated carbocycles.